The molecule has 2 aliphatic carbocycles. The number of nitrogens with zero attached hydrogens (tertiary/aromatic N) is 3. The molecule has 9 nitrogen and oxygen atoms in total. The summed E-state index contributed by atoms with van der Waals surface area (Å²) in [7, 11) is 1.64. The topological polar surface area (TPSA) is 117 Å². The number of allylic oxidation sites excluding steroid dienone is 2. The van der Waals surface area contributed by atoms with Gasteiger partial charge < -0.3 is 10.6 Å². The van der Waals surface area contributed by atoms with Gasteiger partial charge in [-0.15, -0.1) is 0 Å². The number of guanidine groups is 1. The van der Waals surface area contributed by atoms with Crippen LogP contribution in [0.3, 0.4) is 0 Å². The maximum Gasteiger partial charge on any atom is 0.269 e. The Labute approximate surface area is 174 Å². The SMILES string of the molecule is CN=C(NCCCN1C(=O)C2C3C=CC(C3)C2C1=O)NCc1cccc([N+](=O)[O-])c1. The van der Waals surface area contributed by atoms with Gasteiger partial charge in [-0.1, -0.05) is 24.3 Å². The van der Waals surface area contributed by atoms with Crippen molar-refractivity contribution < 1.29 is 14.5 Å². The van der Waals surface area contributed by atoms with E-state index in [9.17, 15) is 19.7 Å². The summed E-state index contributed by atoms with van der Waals surface area (Å²) in [4.78, 5) is 41.4. The molecule has 3 aliphatic rings. The van der Waals surface area contributed by atoms with Crippen LogP contribution >= 0.6 is 0 Å². The van der Waals surface area contributed by atoms with Crippen molar-refractivity contribution in [3.05, 3.63) is 52.1 Å². The Kier molecular flexibility index (Phi) is 5.52. The molecule has 0 spiro atoms. The Morgan fingerprint density at radius 1 is 1.20 bits per heavy atom. The number of benzene rings is 1. The molecule has 1 heterocycles. The van der Waals surface area contributed by atoms with Gasteiger partial charge in [-0.25, -0.2) is 0 Å². The van der Waals surface area contributed by atoms with Crippen LogP contribution in [-0.4, -0.2) is 47.7 Å². The first kappa shape index (κ1) is 20.1. The van der Waals surface area contributed by atoms with E-state index in [0.717, 1.165) is 12.0 Å². The fourth-order valence-electron chi connectivity index (χ4n) is 4.81. The number of carbonyl (C=O) groups is 2. The van der Waals surface area contributed by atoms with E-state index in [1.54, 1.807) is 19.2 Å². The maximum absolute atomic E-state index is 12.7. The van der Waals surface area contributed by atoms with Gasteiger partial charge in [0.25, 0.3) is 5.69 Å². The van der Waals surface area contributed by atoms with Gasteiger partial charge in [-0.2, -0.15) is 0 Å². The number of hydrogen-bond donors (Lipinski definition) is 2. The van der Waals surface area contributed by atoms with E-state index in [0.29, 0.717) is 32.0 Å². The Balaban J connectivity index is 1.22. The number of non-ortho nitro benzene ring substituents is 1. The molecule has 4 atom stereocenters. The van der Waals surface area contributed by atoms with Crippen LogP contribution in [0.2, 0.25) is 0 Å². The summed E-state index contributed by atoms with van der Waals surface area (Å²) in [6, 6.07) is 6.42. The number of rotatable bonds is 7. The van der Waals surface area contributed by atoms with Crippen molar-refractivity contribution in [3.8, 4) is 0 Å². The molecule has 158 valence electrons. The van der Waals surface area contributed by atoms with Gasteiger partial charge >= 0.3 is 0 Å². The Morgan fingerprint density at radius 2 is 1.90 bits per heavy atom. The van der Waals surface area contributed by atoms with Crippen LogP contribution in [0, 0.1) is 33.8 Å². The first-order chi connectivity index (χ1) is 14.5. The highest BCUT2D eigenvalue weighted by atomic mass is 16.6. The van der Waals surface area contributed by atoms with Gasteiger partial charge in [0.15, 0.2) is 5.96 Å². The lowest BCUT2D eigenvalue weighted by Crippen LogP contribution is -2.39. The molecule has 1 saturated heterocycles. The number of imide groups is 1. The second-order valence-electron chi connectivity index (χ2n) is 7.96. The van der Waals surface area contributed by atoms with Gasteiger partial charge in [0, 0.05) is 38.8 Å². The van der Waals surface area contributed by atoms with Gasteiger partial charge in [0.1, 0.15) is 0 Å². The van der Waals surface area contributed by atoms with E-state index in [-0.39, 0.29) is 41.2 Å². The Bertz CT molecular complexity index is 898. The van der Waals surface area contributed by atoms with Crippen molar-refractivity contribution in [3.63, 3.8) is 0 Å². The van der Waals surface area contributed by atoms with Crippen LogP contribution < -0.4 is 10.6 Å². The van der Waals surface area contributed by atoms with Gasteiger partial charge in [-0.05, 0) is 30.2 Å². The Hall–Kier alpha value is -3.23. The van der Waals surface area contributed by atoms with Crippen LogP contribution in [0.4, 0.5) is 5.69 Å². The molecule has 1 aromatic carbocycles. The summed E-state index contributed by atoms with van der Waals surface area (Å²) < 4.78 is 0. The lowest BCUT2D eigenvalue weighted by Gasteiger charge is -2.18. The van der Waals surface area contributed by atoms with Gasteiger partial charge in [0.05, 0.1) is 16.8 Å². The molecule has 2 bridgehead atoms. The number of carbonyl (C=O) groups excluding carboxylic acids is 2. The minimum atomic E-state index is -0.423. The van der Waals surface area contributed by atoms with E-state index < -0.39 is 4.92 Å². The van der Waals surface area contributed by atoms with Crippen LogP contribution in [-0.2, 0) is 16.1 Å². The summed E-state index contributed by atoms with van der Waals surface area (Å²) in [6.07, 6.45) is 5.75. The summed E-state index contributed by atoms with van der Waals surface area (Å²) in [5, 5.41) is 17.1. The van der Waals surface area contributed by atoms with E-state index in [4.69, 9.17) is 0 Å². The second kappa shape index (κ2) is 8.25. The quantitative estimate of drug-likeness (QED) is 0.133. The summed E-state index contributed by atoms with van der Waals surface area (Å²) >= 11 is 0. The molecule has 9 heteroatoms. The normalized spacial score (nSPS) is 27.0. The highest BCUT2D eigenvalue weighted by Crippen LogP contribution is 2.52. The van der Waals surface area contributed by atoms with Gasteiger partial charge in [-0.3, -0.25) is 29.6 Å². The van der Waals surface area contributed by atoms with Crippen LogP contribution in [0.5, 0.6) is 0 Å². The van der Waals surface area contributed by atoms with Crippen molar-refractivity contribution in [1.82, 2.24) is 15.5 Å². The average Bonchev–Trinajstić information content (AvgIpc) is 3.42. The first-order valence-corrected chi connectivity index (χ1v) is 10.2. The number of nitrogens with one attached hydrogen (secondary N) is 2. The molecule has 1 aliphatic heterocycles. The average molecular weight is 411 g/mol. The second-order valence-corrected chi connectivity index (χ2v) is 7.96. The molecule has 4 rings (SSSR count). The number of fused-ring (bicyclic) bond motifs is 5. The fraction of sp³-hybridized carbons (Fsp3) is 0.476. The van der Waals surface area contributed by atoms with E-state index in [1.165, 1.54) is 17.0 Å². The number of amides is 2. The lowest BCUT2D eigenvalue weighted by atomic mass is 9.85. The maximum atomic E-state index is 12.7. The van der Waals surface area contributed by atoms with Gasteiger partial charge in [0.2, 0.25) is 11.8 Å². The number of hydrogen-bond acceptors (Lipinski definition) is 5. The zero-order chi connectivity index (χ0) is 21.3. The van der Waals surface area contributed by atoms with Crippen LogP contribution in [0.1, 0.15) is 18.4 Å². The third kappa shape index (κ3) is 3.67. The highest BCUT2D eigenvalue weighted by Gasteiger charge is 2.58. The zero-order valence-electron chi connectivity index (χ0n) is 16.8. The third-order valence-corrected chi connectivity index (χ3v) is 6.22. The largest absolute Gasteiger partial charge is 0.356 e. The van der Waals surface area contributed by atoms with Crippen molar-refractivity contribution in [2.75, 3.05) is 20.1 Å². The van der Waals surface area contributed by atoms with E-state index in [2.05, 4.69) is 27.8 Å². The molecule has 0 radical (unpaired) electrons. The summed E-state index contributed by atoms with van der Waals surface area (Å²) in [5.74, 6) is 0.687. The lowest BCUT2D eigenvalue weighted by molar-refractivity contribution is -0.384. The molecule has 1 aromatic rings. The zero-order valence-corrected chi connectivity index (χ0v) is 16.8. The van der Waals surface area contributed by atoms with Crippen molar-refractivity contribution in [2.45, 2.75) is 19.4 Å². The highest BCUT2D eigenvalue weighted by molar-refractivity contribution is 6.06. The molecule has 0 aromatic heterocycles. The Morgan fingerprint density at radius 3 is 2.53 bits per heavy atom. The molecule has 30 heavy (non-hydrogen) atoms. The van der Waals surface area contributed by atoms with Crippen molar-refractivity contribution in [1.29, 1.82) is 0 Å². The van der Waals surface area contributed by atoms with Crippen LogP contribution in [0.25, 0.3) is 0 Å². The summed E-state index contributed by atoms with van der Waals surface area (Å²) in [5.41, 5.74) is 0.820. The van der Waals surface area contributed by atoms with E-state index >= 15 is 0 Å². The minimum absolute atomic E-state index is 0.0185. The van der Waals surface area contributed by atoms with E-state index in [1.807, 2.05) is 0 Å². The molecule has 2 N–H and O–H groups in total. The first-order valence-electron chi connectivity index (χ1n) is 10.2. The van der Waals surface area contributed by atoms with Crippen molar-refractivity contribution >= 4 is 23.5 Å². The minimum Gasteiger partial charge on any atom is -0.356 e. The molecule has 2 fully saturated rings. The number of likely N-dealkylation sites (tertiary alicyclic amines) is 1. The predicted molar refractivity (Wildman–Crippen MR) is 110 cm³/mol. The molecule has 2 amide bonds. The molecular weight excluding hydrogens is 386 g/mol. The van der Waals surface area contributed by atoms with Crippen molar-refractivity contribution in [2.24, 2.45) is 28.7 Å². The molecule has 4 unspecified atom stereocenters. The standard InChI is InChI=1S/C21H25N5O4/c1-22-21(24-12-13-4-2-5-16(10-13)26(29)30)23-8-3-9-25-19(27)17-14-6-7-15(11-14)18(17)20(25)28/h2,4-7,10,14-15,17-18H,3,8-9,11-12H2,1H3,(H2,22,23,24). The molecular formula is C21H25N5O4. The predicted octanol–water partition coefficient (Wildman–Crippen LogP) is 1.46. The smallest absolute Gasteiger partial charge is 0.269 e. The number of nitro benzene ring substituents is 1. The summed E-state index contributed by atoms with van der Waals surface area (Å²) in [6.45, 7) is 1.34. The third-order valence-electron chi connectivity index (χ3n) is 6.22. The fourth-order valence-corrected chi connectivity index (χ4v) is 4.81. The molecule has 1 saturated carbocycles. The monoisotopic (exact) mass is 411 g/mol. The van der Waals surface area contributed by atoms with Crippen LogP contribution in [0.15, 0.2) is 41.4 Å². The number of nitro groups is 1. The number of aliphatic imine (C=N–C) groups is 1.